The lowest BCUT2D eigenvalue weighted by atomic mass is 10.1. The lowest BCUT2D eigenvalue weighted by Gasteiger charge is -2.15. The number of aryl methyl sites for hydroxylation is 1. The van der Waals surface area contributed by atoms with Crippen LogP contribution in [0.1, 0.15) is 29.7 Å². The van der Waals surface area contributed by atoms with E-state index in [1.165, 1.54) is 13.2 Å². The molecule has 0 aromatic heterocycles. The summed E-state index contributed by atoms with van der Waals surface area (Å²) < 4.78 is 11.9. The minimum absolute atomic E-state index is 0.0400. The van der Waals surface area contributed by atoms with Gasteiger partial charge in [-0.2, -0.15) is 5.26 Å². The number of anilines is 1. The minimum Gasteiger partial charge on any atom is -0.493 e. The van der Waals surface area contributed by atoms with Crippen LogP contribution in [0, 0.1) is 21.8 Å². The Hall–Kier alpha value is -3.84. The maximum absolute atomic E-state index is 12.7. The zero-order valence-electron chi connectivity index (χ0n) is 20.2. The predicted octanol–water partition coefficient (Wildman–Crippen LogP) is 5.41. The summed E-state index contributed by atoms with van der Waals surface area (Å²) in [5.41, 5.74) is 3.27. The molecule has 3 aromatic rings. The van der Waals surface area contributed by atoms with E-state index in [1.807, 2.05) is 74.5 Å². The highest BCUT2D eigenvalue weighted by atomic mass is 127. The first-order valence-electron chi connectivity index (χ1n) is 11.1. The number of amides is 2. The first-order valence-corrected chi connectivity index (χ1v) is 12.2. The number of carbonyl (C=O) groups excluding carboxylic acids is 2. The molecule has 0 fully saturated rings. The summed E-state index contributed by atoms with van der Waals surface area (Å²) in [6.07, 6.45) is 1.49. The lowest BCUT2D eigenvalue weighted by molar-refractivity contribution is -0.118. The Balaban J connectivity index is 1.71. The summed E-state index contributed by atoms with van der Waals surface area (Å²) in [5.74, 6) is -0.00538. The van der Waals surface area contributed by atoms with Crippen LogP contribution in [0.2, 0.25) is 0 Å². The number of nitrogens with one attached hydrogen (secondary N) is 2. The van der Waals surface area contributed by atoms with Gasteiger partial charge in [-0.3, -0.25) is 9.59 Å². The predicted molar refractivity (Wildman–Crippen MR) is 148 cm³/mol. The fraction of sp³-hybridized carbons (Fsp3) is 0.179. The molecule has 0 aliphatic heterocycles. The fourth-order valence-electron chi connectivity index (χ4n) is 3.35. The van der Waals surface area contributed by atoms with Crippen LogP contribution in [-0.4, -0.2) is 25.5 Å². The summed E-state index contributed by atoms with van der Waals surface area (Å²) in [7, 11) is 1.48. The highest BCUT2D eigenvalue weighted by molar-refractivity contribution is 14.1. The fourth-order valence-corrected chi connectivity index (χ4v) is 4.13. The smallest absolute Gasteiger partial charge is 0.262 e. The topological polar surface area (TPSA) is 100 Å². The Morgan fingerprint density at radius 1 is 1.11 bits per heavy atom. The van der Waals surface area contributed by atoms with Crippen LogP contribution in [0.3, 0.4) is 0 Å². The van der Waals surface area contributed by atoms with E-state index in [0.29, 0.717) is 26.3 Å². The normalized spacial score (nSPS) is 11.7. The third kappa shape index (κ3) is 7.33. The van der Waals surface area contributed by atoms with Crippen molar-refractivity contribution >= 4 is 46.2 Å². The summed E-state index contributed by atoms with van der Waals surface area (Å²) in [4.78, 5) is 25.0. The van der Waals surface area contributed by atoms with E-state index in [-0.39, 0.29) is 24.1 Å². The van der Waals surface area contributed by atoms with Crippen molar-refractivity contribution in [1.82, 2.24) is 5.32 Å². The molecule has 1 atom stereocenters. The molecule has 0 aliphatic rings. The van der Waals surface area contributed by atoms with Gasteiger partial charge in [0.15, 0.2) is 18.1 Å². The summed E-state index contributed by atoms with van der Waals surface area (Å²) >= 11 is 2.06. The summed E-state index contributed by atoms with van der Waals surface area (Å²) in [6, 6.07) is 22.1. The number of methoxy groups -OCH3 is 1. The van der Waals surface area contributed by atoms with Gasteiger partial charge in [0.05, 0.1) is 16.7 Å². The van der Waals surface area contributed by atoms with Crippen LogP contribution in [0.25, 0.3) is 6.08 Å². The molecule has 0 spiro atoms. The molecule has 2 N–H and O–H groups in total. The van der Waals surface area contributed by atoms with Crippen LogP contribution in [0.5, 0.6) is 11.5 Å². The van der Waals surface area contributed by atoms with Gasteiger partial charge in [0, 0.05) is 5.69 Å². The first kappa shape index (κ1) is 26.8. The van der Waals surface area contributed by atoms with Crippen molar-refractivity contribution in [2.24, 2.45) is 0 Å². The van der Waals surface area contributed by atoms with Crippen LogP contribution >= 0.6 is 22.6 Å². The molecule has 3 aromatic carbocycles. The standard InChI is InChI=1S/C28H26IN3O4/c1-18-9-11-23(12-10-18)32-26(33)17-36-27-24(29)14-20(15-25(27)35-3)13-22(16-30)28(34)31-19(2)21-7-5-4-6-8-21/h4-15,19H,17H2,1-3H3,(H,31,34)(H,32,33)/b22-13-/t19-/m0/s1. The van der Waals surface area contributed by atoms with Crippen molar-refractivity contribution < 1.29 is 19.1 Å². The van der Waals surface area contributed by atoms with Crippen molar-refractivity contribution in [1.29, 1.82) is 5.26 Å². The van der Waals surface area contributed by atoms with Crippen LogP contribution in [0.15, 0.2) is 72.3 Å². The Morgan fingerprint density at radius 3 is 2.44 bits per heavy atom. The first-order chi connectivity index (χ1) is 17.3. The number of hydrogen-bond donors (Lipinski definition) is 2. The third-order valence-corrected chi connectivity index (χ3v) is 6.06. The van der Waals surface area contributed by atoms with Gasteiger partial charge in [0.1, 0.15) is 11.6 Å². The number of carbonyl (C=O) groups is 2. The van der Waals surface area contributed by atoms with Crippen molar-refractivity contribution in [2.75, 3.05) is 19.0 Å². The number of benzene rings is 3. The maximum atomic E-state index is 12.7. The van der Waals surface area contributed by atoms with Gasteiger partial charge in [-0.25, -0.2) is 0 Å². The molecule has 0 saturated carbocycles. The molecular weight excluding hydrogens is 569 g/mol. The number of nitrogens with zero attached hydrogens (tertiary/aromatic N) is 1. The van der Waals surface area contributed by atoms with E-state index in [9.17, 15) is 14.9 Å². The monoisotopic (exact) mass is 595 g/mol. The van der Waals surface area contributed by atoms with E-state index >= 15 is 0 Å². The van der Waals surface area contributed by atoms with Crippen molar-refractivity contribution in [3.8, 4) is 17.6 Å². The van der Waals surface area contributed by atoms with Crippen LogP contribution in [-0.2, 0) is 9.59 Å². The summed E-state index contributed by atoms with van der Waals surface area (Å²) in [5, 5.41) is 15.2. The van der Waals surface area contributed by atoms with Crippen molar-refractivity contribution in [3.05, 3.63) is 92.6 Å². The van der Waals surface area contributed by atoms with Crippen LogP contribution in [0.4, 0.5) is 5.69 Å². The van der Waals surface area contributed by atoms with E-state index < -0.39 is 5.91 Å². The second-order valence-electron chi connectivity index (χ2n) is 8.01. The Morgan fingerprint density at radius 2 is 1.81 bits per heavy atom. The van der Waals surface area contributed by atoms with Gasteiger partial charge in [0.2, 0.25) is 0 Å². The van der Waals surface area contributed by atoms with Gasteiger partial charge < -0.3 is 20.1 Å². The molecule has 7 nitrogen and oxygen atoms in total. The van der Waals surface area contributed by atoms with Gasteiger partial charge in [0.25, 0.3) is 11.8 Å². The molecular formula is C28H26IN3O4. The molecule has 0 radical (unpaired) electrons. The van der Waals surface area contributed by atoms with Gasteiger partial charge in [-0.05, 0) is 77.9 Å². The Bertz CT molecular complexity index is 1300. The van der Waals surface area contributed by atoms with E-state index in [0.717, 1.165) is 11.1 Å². The van der Waals surface area contributed by atoms with E-state index in [1.54, 1.807) is 12.1 Å². The van der Waals surface area contributed by atoms with Crippen molar-refractivity contribution in [2.45, 2.75) is 19.9 Å². The average molecular weight is 595 g/mol. The molecule has 0 heterocycles. The molecule has 3 rings (SSSR count). The molecule has 0 aliphatic carbocycles. The summed E-state index contributed by atoms with van der Waals surface area (Å²) in [6.45, 7) is 3.62. The number of hydrogen-bond acceptors (Lipinski definition) is 5. The van der Waals surface area contributed by atoms with Crippen LogP contribution < -0.4 is 20.1 Å². The molecule has 0 saturated heterocycles. The Kier molecular flexibility index (Phi) is 9.47. The number of ether oxygens (including phenoxy) is 2. The quantitative estimate of drug-likeness (QED) is 0.196. The lowest BCUT2D eigenvalue weighted by Crippen LogP contribution is -2.27. The number of nitriles is 1. The van der Waals surface area contributed by atoms with Gasteiger partial charge >= 0.3 is 0 Å². The Labute approximate surface area is 224 Å². The molecule has 8 heteroatoms. The molecule has 184 valence electrons. The van der Waals surface area contributed by atoms with Crippen molar-refractivity contribution in [3.63, 3.8) is 0 Å². The van der Waals surface area contributed by atoms with E-state index in [2.05, 4.69) is 33.2 Å². The third-order valence-electron chi connectivity index (χ3n) is 5.26. The molecule has 36 heavy (non-hydrogen) atoms. The van der Waals surface area contributed by atoms with E-state index in [4.69, 9.17) is 9.47 Å². The van der Waals surface area contributed by atoms with Gasteiger partial charge in [-0.1, -0.05) is 48.0 Å². The second-order valence-corrected chi connectivity index (χ2v) is 9.17. The highest BCUT2D eigenvalue weighted by Gasteiger charge is 2.17. The molecule has 0 bridgehead atoms. The zero-order chi connectivity index (χ0) is 26.1. The molecule has 2 amide bonds. The van der Waals surface area contributed by atoms with Gasteiger partial charge in [-0.15, -0.1) is 0 Å². The minimum atomic E-state index is -0.476. The SMILES string of the molecule is COc1cc(/C=C(/C#N)C(=O)N[C@@H](C)c2ccccc2)cc(I)c1OCC(=O)Nc1ccc(C)cc1. The highest BCUT2D eigenvalue weighted by Crippen LogP contribution is 2.34. The second kappa shape index (κ2) is 12.7. The maximum Gasteiger partial charge on any atom is 0.262 e. The largest absolute Gasteiger partial charge is 0.493 e. The number of halogens is 1. The average Bonchev–Trinajstić information content (AvgIpc) is 2.88. The zero-order valence-corrected chi connectivity index (χ0v) is 22.3. The number of rotatable bonds is 9. The molecule has 0 unspecified atom stereocenters.